The maximum Gasteiger partial charge on any atom is 0.326 e. The minimum Gasteiger partial charge on any atom is -0.480 e. The molecule has 41 heavy (non-hydrogen) atoms. The van der Waals surface area contributed by atoms with Crippen LogP contribution in [0.4, 0.5) is 4.39 Å². The van der Waals surface area contributed by atoms with Gasteiger partial charge in [0.1, 0.15) is 11.9 Å². The summed E-state index contributed by atoms with van der Waals surface area (Å²) in [4.78, 5) is 29.3. The third-order valence-electron chi connectivity index (χ3n) is 6.86. The van der Waals surface area contributed by atoms with Crippen LogP contribution in [-0.2, 0) is 17.6 Å². The summed E-state index contributed by atoms with van der Waals surface area (Å²) in [5.41, 5.74) is 5.65. The average Bonchev–Trinajstić information content (AvgIpc) is 3.47. The minimum atomic E-state index is -1.27. The predicted molar refractivity (Wildman–Crippen MR) is 154 cm³/mol. The van der Waals surface area contributed by atoms with E-state index in [9.17, 15) is 14.7 Å². The molecule has 0 saturated heterocycles. The van der Waals surface area contributed by atoms with Crippen LogP contribution in [0.1, 0.15) is 34.0 Å². The lowest BCUT2D eigenvalue weighted by molar-refractivity contribution is -0.139. The molecule has 206 valence electrons. The number of carbonyl (C=O) groups excluding carboxylic acids is 1. The number of nitrogens with one attached hydrogen (secondary N) is 1. The number of halogens is 1. The van der Waals surface area contributed by atoms with Crippen molar-refractivity contribution in [3.05, 3.63) is 119 Å². The molecular weight excluding hydrogens is 521 g/mol. The van der Waals surface area contributed by atoms with E-state index in [1.807, 2.05) is 61.5 Å². The van der Waals surface area contributed by atoms with Crippen LogP contribution in [0.3, 0.4) is 0 Å². The number of aryl methyl sites for hydroxylation is 2. The van der Waals surface area contributed by atoms with E-state index in [0.717, 1.165) is 23.1 Å². The van der Waals surface area contributed by atoms with E-state index in [1.165, 1.54) is 17.7 Å². The smallest absolute Gasteiger partial charge is 0.326 e. The summed E-state index contributed by atoms with van der Waals surface area (Å²) in [5.74, 6) is -2.04. The fraction of sp³-hybridized carbons (Fsp3) is 0.152. The van der Waals surface area contributed by atoms with Gasteiger partial charge in [0.05, 0.1) is 5.56 Å². The first-order valence-corrected chi connectivity index (χ1v) is 13.2. The third kappa shape index (κ3) is 6.38. The quantitative estimate of drug-likeness (QED) is 0.217. The lowest BCUT2D eigenvalue weighted by Gasteiger charge is -2.15. The molecule has 1 aromatic heterocycles. The minimum absolute atomic E-state index is 0.0805. The van der Waals surface area contributed by atoms with Crippen LogP contribution >= 0.6 is 0 Å². The van der Waals surface area contributed by atoms with E-state index in [-0.39, 0.29) is 23.7 Å². The van der Waals surface area contributed by atoms with Crippen molar-refractivity contribution in [1.82, 2.24) is 15.5 Å². The van der Waals surface area contributed by atoms with Crippen LogP contribution < -0.4 is 5.32 Å². The summed E-state index contributed by atoms with van der Waals surface area (Å²) in [6.45, 7) is 4.04. The largest absolute Gasteiger partial charge is 0.480 e. The molecule has 0 spiro atoms. The Kier molecular flexibility index (Phi) is 8.01. The number of aliphatic carboxylic acids is 1. The molecule has 5 rings (SSSR count). The van der Waals surface area contributed by atoms with E-state index in [2.05, 4.69) is 22.4 Å². The second-order valence-electron chi connectivity index (χ2n) is 9.80. The van der Waals surface area contributed by atoms with Crippen LogP contribution in [0, 0.1) is 12.7 Å². The van der Waals surface area contributed by atoms with Gasteiger partial charge in [-0.1, -0.05) is 72.2 Å². The summed E-state index contributed by atoms with van der Waals surface area (Å²) in [7, 11) is 0. The molecule has 7 nitrogen and oxygen atoms in total. The molecule has 0 aliphatic carbocycles. The summed E-state index contributed by atoms with van der Waals surface area (Å²) in [5, 5.41) is 16.3. The molecule has 1 heterocycles. The van der Waals surface area contributed by atoms with Crippen LogP contribution in [-0.4, -0.2) is 33.2 Å². The molecule has 5 aromatic rings. The standard InChI is InChI=1S/C33H28FN3O4/c1-3-21-9-14-23(15-10-21)25-5-4-6-26(19-25)31(38)35-29(33(39)40)18-22-11-16-27(28(34)17-22)30-36-32(41-37-30)24-12-7-20(2)8-13-24/h4-17,19,29H,3,18H2,1-2H3,(H,35,38)(H,39,40). The van der Waals surface area contributed by atoms with Gasteiger partial charge in [-0.2, -0.15) is 4.98 Å². The van der Waals surface area contributed by atoms with Crippen LogP contribution in [0.15, 0.2) is 95.5 Å². The zero-order valence-corrected chi connectivity index (χ0v) is 22.6. The summed E-state index contributed by atoms with van der Waals surface area (Å²) in [6.07, 6.45) is 0.815. The Hall–Kier alpha value is -5.11. The number of benzene rings is 4. The van der Waals surface area contributed by atoms with Crippen molar-refractivity contribution in [1.29, 1.82) is 0 Å². The van der Waals surface area contributed by atoms with Crippen molar-refractivity contribution in [2.45, 2.75) is 32.7 Å². The number of aromatic nitrogens is 2. The molecule has 0 aliphatic rings. The van der Waals surface area contributed by atoms with E-state index >= 15 is 4.39 Å². The van der Waals surface area contributed by atoms with Crippen molar-refractivity contribution >= 4 is 11.9 Å². The molecule has 1 amide bonds. The molecule has 0 saturated carbocycles. The lowest BCUT2D eigenvalue weighted by Crippen LogP contribution is -2.42. The SMILES string of the molecule is CCc1ccc(-c2cccc(C(=O)NC(Cc3ccc(-c4noc(-c5ccc(C)cc5)n4)c(F)c3)C(=O)O)c2)cc1. The second kappa shape index (κ2) is 12.0. The first kappa shape index (κ1) is 27.5. The summed E-state index contributed by atoms with van der Waals surface area (Å²) >= 11 is 0. The highest BCUT2D eigenvalue weighted by molar-refractivity contribution is 5.97. The Labute approximate surface area is 236 Å². The Balaban J connectivity index is 1.29. The van der Waals surface area contributed by atoms with E-state index < -0.39 is 23.7 Å². The first-order chi connectivity index (χ1) is 19.8. The predicted octanol–water partition coefficient (Wildman–Crippen LogP) is 6.51. The number of carboxylic acids is 1. The van der Waals surface area contributed by atoms with Gasteiger partial charge in [-0.3, -0.25) is 4.79 Å². The fourth-order valence-electron chi connectivity index (χ4n) is 4.46. The molecule has 1 atom stereocenters. The molecule has 0 bridgehead atoms. The fourth-order valence-corrected chi connectivity index (χ4v) is 4.46. The summed E-state index contributed by atoms with van der Waals surface area (Å²) < 4.78 is 20.4. The number of carboxylic acid groups (broad SMARTS) is 1. The zero-order valence-electron chi connectivity index (χ0n) is 22.6. The Morgan fingerprint density at radius 3 is 2.29 bits per heavy atom. The summed E-state index contributed by atoms with van der Waals surface area (Å²) in [6, 6.07) is 25.6. The highest BCUT2D eigenvalue weighted by atomic mass is 19.1. The Morgan fingerprint density at radius 2 is 1.61 bits per heavy atom. The van der Waals surface area contributed by atoms with Crippen LogP contribution in [0.5, 0.6) is 0 Å². The maximum atomic E-state index is 15.1. The van der Waals surface area contributed by atoms with Gasteiger partial charge >= 0.3 is 5.97 Å². The first-order valence-electron chi connectivity index (χ1n) is 13.2. The molecule has 0 fully saturated rings. The molecule has 1 unspecified atom stereocenters. The van der Waals surface area contributed by atoms with Crippen molar-refractivity contribution in [2.24, 2.45) is 0 Å². The Bertz CT molecular complexity index is 1690. The van der Waals surface area contributed by atoms with E-state index in [1.54, 1.807) is 24.3 Å². The van der Waals surface area contributed by atoms with Gasteiger partial charge in [0, 0.05) is 17.5 Å². The van der Waals surface area contributed by atoms with Gasteiger partial charge in [0.2, 0.25) is 5.82 Å². The third-order valence-corrected chi connectivity index (χ3v) is 6.86. The van der Waals surface area contributed by atoms with E-state index in [0.29, 0.717) is 16.7 Å². The van der Waals surface area contributed by atoms with Crippen LogP contribution in [0.25, 0.3) is 34.0 Å². The topological polar surface area (TPSA) is 105 Å². The highest BCUT2D eigenvalue weighted by Gasteiger charge is 2.23. The zero-order chi connectivity index (χ0) is 28.9. The Morgan fingerprint density at radius 1 is 0.902 bits per heavy atom. The number of amides is 1. The molecule has 8 heteroatoms. The molecule has 4 aromatic carbocycles. The van der Waals surface area contributed by atoms with Crippen molar-refractivity contribution < 1.29 is 23.6 Å². The van der Waals surface area contributed by atoms with Gasteiger partial charge in [-0.15, -0.1) is 0 Å². The van der Waals surface area contributed by atoms with Gasteiger partial charge < -0.3 is 14.9 Å². The molecular formula is C33H28FN3O4. The molecule has 0 aliphatic heterocycles. The highest BCUT2D eigenvalue weighted by Crippen LogP contribution is 2.26. The lowest BCUT2D eigenvalue weighted by atomic mass is 10.00. The normalized spacial score (nSPS) is 11.7. The average molecular weight is 550 g/mol. The number of nitrogens with zero attached hydrogens (tertiary/aromatic N) is 2. The van der Waals surface area contributed by atoms with Crippen molar-refractivity contribution in [2.75, 3.05) is 0 Å². The van der Waals surface area contributed by atoms with Crippen molar-refractivity contribution in [3.8, 4) is 34.0 Å². The second-order valence-corrected chi connectivity index (χ2v) is 9.80. The van der Waals surface area contributed by atoms with Gasteiger partial charge in [-0.05, 0) is 72.0 Å². The van der Waals surface area contributed by atoms with E-state index in [4.69, 9.17) is 4.52 Å². The number of carbonyl (C=O) groups is 2. The van der Waals surface area contributed by atoms with Gasteiger partial charge in [0.15, 0.2) is 0 Å². The molecule has 2 N–H and O–H groups in total. The van der Waals surface area contributed by atoms with Gasteiger partial charge in [-0.25, -0.2) is 9.18 Å². The number of hydrogen-bond acceptors (Lipinski definition) is 5. The van der Waals surface area contributed by atoms with Gasteiger partial charge in [0.25, 0.3) is 11.8 Å². The van der Waals surface area contributed by atoms with Crippen molar-refractivity contribution in [3.63, 3.8) is 0 Å². The number of rotatable bonds is 9. The monoisotopic (exact) mass is 549 g/mol. The molecule has 0 radical (unpaired) electrons. The maximum absolute atomic E-state index is 15.1. The van der Waals surface area contributed by atoms with Crippen LogP contribution in [0.2, 0.25) is 0 Å². The number of hydrogen-bond donors (Lipinski definition) is 2.